The second-order valence-corrected chi connectivity index (χ2v) is 6.63. The van der Waals surface area contributed by atoms with Gasteiger partial charge in [-0.2, -0.15) is 0 Å². The molecule has 3 heterocycles. The topological polar surface area (TPSA) is 84.7 Å². The van der Waals surface area contributed by atoms with Gasteiger partial charge >= 0.3 is 0 Å². The van der Waals surface area contributed by atoms with Crippen LogP contribution in [-0.4, -0.2) is 39.2 Å². The van der Waals surface area contributed by atoms with E-state index in [4.69, 9.17) is 11.6 Å². The number of nitrogens with zero attached hydrogens (tertiary/aromatic N) is 4. The molecule has 7 nitrogen and oxygen atoms in total. The summed E-state index contributed by atoms with van der Waals surface area (Å²) in [6, 6.07) is 9.76. The lowest BCUT2D eigenvalue weighted by Gasteiger charge is -2.12. The van der Waals surface area contributed by atoms with E-state index in [9.17, 15) is 4.79 Å². The van der Waals surface area contributed by atoms with Crippen molar-refractivity contribution in [1.82, 2.24) is 24.8 Å². The predicted molar refractivity (Wildman–Crippen MR) is 111 cm³/mol. The number of pyridine rings is 2. The largest absolute Gasteiger partial charge is 0.365 e. The Morgan fingerprint density at radius 3 is 2.61 bits per heavy atom. The number of anilines is 1. The third-order valence-corrected chi connectivity index (χ3v) is 4.56. The lowest BCUT2D eigenvalue weighted by molar-refractivity contribution is 0.584. The van der Waals surface area contributed by atoms with E-state index in [1.807, 2.05) is 30.3 Å². The molecule has 0 aromatic carbocycles. The molecule has 0 fully saturated rings. The van der Waals surface area contributed by atoms with Crippen LogP contribution in [0.3, 0.4) is 0 Å². The highest BCUT2D eigenvalue weighted by Gasteiger charge is 2.08. The molecular formula is C20H23ClN6O. The summed E-state index contributed by atoms with van der Waals surface area (Å²) >= 11 is 6.17. The summed E-state index contributed by atoms with van der Waals surface area (Å²) in [6.45, 7) is 2.51. The summed E-state index contributed by atoms with van der Waals surface area (Å²) in [5.74, 6) is 0.303. The molecule has 0 aliphatic carbocycles. The normalized spacial score (nSPS) is 10.8. The molecule has 2 N–H and O–H groups in total. The molecule has 0 aliphatic heterocycles. The minimum atomic E-state index is -0.218. The smallest absolute Gasteiger partial charge is 0.294 e. The number of aromatic nitrogens is 4. The molecule has 0 amide bonds. The monoisotopic (exact) mass is 398 g/mol. The molecule has 0 radical (unpaired) electrons. The second kappa shape index (κ2) is 10.5. The standard InChI is InChI=1S/C20H23ClN6O/c21-18-15-26-19(25-12-7-17-3-1-2-8-24-17)20(28)27(18)14-13-23-11-6-16-4-9-22-10-5-16/h1-5,8-10,15,23H,6-7,11-14H2,(H,25,26). The molecule has 146 valence electrons. The fourth-order valence-electron chi connectivity index (χ4n) is 2.75. The van der Waals surface area contributed by atoms with Gasteiger partial charge in [-0.25, -0.2) is 4.98 Å². The van der Waals surface area contributed by atoms with E-state index >= 15 is 0 Å². The van der Waals surface area contributed by atoms with Crippen LogP contribution in [0.25, 0.3) is 0 Å². The average molecular weight is 399 g/mol. The lowest BCUT2D eigenvalue weighted by atomic mass is 10.2. The number of halogens is 1. The fourth-order valence-corrected chi connectivity index (χ4v) is 2.96. The van der Waals surface area contributed by atoms with Crippen LogP contribution in [0.1, 0.15) is 11.3 Å². The first-order valence-electron chi connectivity index (χ1n) is 9.23. The zero-order valence-corrected chi connectivity index (χ0v) is 16.3. The first-order valence-corrected chi connectivity index (χ1v) is 9.60. The van der Waals surface area contributed by atoms with Crippen molar-refractivity contribution < 1.29 is 0 Å². The van der Waals surface area contributed by atoms with Crippen LogP contribution in [0.2, 0.25) is 5.15 Å². The van der Waals surface area contributed by atoms with E-state index < -0.39 is 0 Å². The Balaban J connectivity index is 1.48. The van der Waals surface area contributed by atoms with Gasteiger partial charge in [0.05, 0.1) is 6.20 Å². The van der Waals surface area contributed by atoms with E-state index in [0.717, 1.165) is 18.7 Å². The van der Waals surface area contributed by atoms with Crippen LogP contribution in [0.4, 0.5) is 5.82 Å². The van der Waals surface area contributed by atoms with Crippen LogP contribution in [-0.2, 0) is 19.4 Å². The van der Waals surface area contributed by atoms with Gasteiger partial charge in [0.25, 0.3) is 5.56 Å². The molecule has 3 aromatic heterocycles. The maximum Gasteiger partial charge on any atom is 0.294 e. The lowest BCUT2D eigenvalue weighted by Crippen LogP contribution is -2.31. The Morgan fingerprint density at radius 1 is 0.964 bits per heavy atom. The highest BCUT2D eigenvalue weighted by atomic mass is 35.5. The van der Waals surface area contributed by atoms with Gasteiger partial charge in [0.1, 0.15) is 5.15 Å². The molecular weight excluding hydrogens is 376 g/mol. The van der Waals surface area contributed by atoms with Crippen molar-refractivity contribution in [1.29, 1.82) is 0 Å². The third kappa shape index (κ3) is 5.87. The Bertz CT molecular complexity index is 917. The average Bonchev–Trinajstić information content (AvgIpc) is 2.73. The highest BCUT2D eigenvalue weighted by Crippen LogP contribution is 2.06. The molecule has 0 atom stereocenters. The van der Waals surface area contributed by atoms with E-state index in [2.05, 4.69) is 25.6 Å². The van der Waals surface area contributed by atoms with Crippen molar-refractivity contribution >= 4 is 17.4 Å². The third-order valence-electron chi connectivity index (χ3n) is 4.26. The van der Waals surface area contributed by atoms with Crippen molar-refractivity contribution in [3.05, 3.63) is 81.9 Å². The maximum absolute atomic E-state index is 12.6. The van der Waals surface area contributed by atoms with E-state index in [1.54, 1.807) is 18.6 Å². The van der Waals surface area contributed by atoms with Gasteiger partial charge in [0, 0.05) is 50.3 Å². The zero-order chi connectivity index (χ0) is 19.6. The number of nitrogens with one attached hydrogen (secondary N) is 2. The van der Waals surface area contributed by atoms with Crippen molar-refractivity contribution in [2.45, 2.75) is 19.4 Å². The molecule has 0 saturated carbocycles. The molecule has 28 heavy (non-hydrogen) atoms. The number of hydrogen-bond donors (Lipinski definition) is 2. The summed E-state index contributed by atoms with van der Waals surface area (Å²) in [7, 11) is 0. The van der Waals surface area contributed by atoms with Gasteiger partial charge in [-0.05, 0) is 42.8 Å². The van der Waals surface area contributed by atoms with Crippen LogP contribution in [0.15, 0.2) is 59.9 Å². The Morgan fingerprint density at radius 2 is 1.82 bits per heavy atom. The molecule has 3 rings (SSSR count). The molecule has 0 bridgehead atoms. The van der Waals surface area contributed by atoms with Gasteiger partial charge < -0.3 is 10.6 Å². The Kier molecular flexibility index (Phi) is 7.52. The summed E-state index contributed by atoms with van der Waals surface area (Å²) in [5, 5.41) is 6.75. The zero-order valence-electron chi connectivity index (χ0n) is 15.5. The van der Waals surface area contributed by atoms with Crippen molar-refractivity contribution in [3.63, 3.8) is 0 Å². The first kappa shape index (κ1) is 20.0. The highest BCUT2D eigenvalue weighted by molar-refractivity contribution is 6.29. The quantitative estimate of drug-likeness (QED) is 0.509. The number of hydrogen-bond acceptors (Lipinski definition) is 6. The predicted octanol–water partition coefficient (Wildman–Crippen LogP) is 2.17. The second-order valence-electron chi connectivity index (χ2n) is 6.24. The van der Waals surface area contributed by atoms with Crippen LogP contribution in [0.5, 0.6) is 0 Å². The van der Waals surface area contributed by atoms with E-state index in [-0.39, 0.29) is 5.56 Å². The first-order chi connectivity index (χ1) is 13.7. The van der Waals surface area contributed by atoms with Crippen molar-refractivity contribution in [2.75, 3.05) is 25.0 Å². The summed E-state index contributed by atoms with van der Waals surface area (Å²) < 4.78 is 1.52. The van der Waals surface area contributed by atoms with Crippen LogP contribution < -0.4 is 16.2 Å². The van der Waals surface area contributed by atoms with Crippen molar-refractivity contribution in [3.8, 4) is 0 Å². The van der Waals surface area contributed by atoms with Gasteiger partial charge in [-0.15, -0.1) is 0 Å². The summed E-state index contributed by atoms with van der Waals surface area (Å²) in [4.78, 5) is 25.0. The van der Waals surface area contributed by atoms with E-state index in [1.165, 1.54) is 16.3 Å². The van der Waals surface area contributed by atoms with Crippen molar-refractivity contribution in [2.24, 2.45) is 0 Å². The van der Waals surface area contributed by atoms with Crippen LogP contribution in [0, 0.1) is 0 Å². The summed E-state index contributed by atoms with van der Waals surface area (Å²) in [5.41, 5.74) is 1.97. The molecule has 3 aromatic rings. The Labute approximate surface area is 168 Å². The number of rotatable bonds is 10. The van der Waals surface area contributed by atoms with Gasteiger partial charge in [0.15, 0.2) is 5.82 Å². The van der Waals surface area contributed by atoms with E-state index in [0.29, 0.717) is 37.0 Å². The Hall–Kier alpha value is -2.77. The SMILES string of the molecule is O=c1c(NCCc2ccccn2)ncc(Cl)n1CCNCCc1ccncc1. The van der Waals surface area contributed by atoms with Gasteiger partial charge in [-0.1, -0.05) is 17.7 Å². The van der Waals surface area contributed by atoms with Gasteiger partial charge in [-0.3, -0.25) is 19.3 Å². The molecule has 0 spiro atoms. The molecule has 8 heteroatoms. The summed E-state index contributed by atoms with van der Waals surface area (Å²) in [6.07, 6.45) is 8.44. The molecule has 0 unspecified atom stereocenters. The fraction of sp³-hybridized carbons (Fsp3) is 0.300. The van der Waals surface area contributed by atoms with Gasteiger partial charge in [0.2, 0.25) is 0 Å². The maximum atomic E-state index is 12.6. The molecule has 0 aliphatic rings. The minimum Gasteiger partial charge on any atom is -0.365 e. The minimum absolute atomic E-state index is 0.218. The molecule has 0 saturated heterocycles. The van der Waals surface area contributed by atoms with Crippen LogP contribution >= 0.6 is 11.6 Å².